The van der Waals surface area contributed by atoms with Gasteiger partial charge in [-0.1, -0.05) is 12.8 Å². The molecule has 3 heteroatoms. The van der Waals surface area contributed by atoms with E-state index in [1.165, 1.54) is 51.6 Å². The van der Waals surface area contributed by atoms with Crippen molar-refractivity contribution < 1.29 is 0 Å². The van der Waals surface area contributed by atoms with Gasteiger partial charge in [-0.25, -0.2) is 0 Å². The number of nitrogens with two attached hydrogens (primary N) is 1. The van der Waals surface area contributed by atoms with E-state index in [-0.39, 0.29) is 0 Å². The normalized spacial score (nSPS) is 26.8. The smallest absolute Gasteiger partial charge is 0.0196 e. The van der Waals surface area contributed by atoms with Crippen LogP contribution in [0.25, 0.3) is 0 Å². The second kappa shape index (κ2) is 6.17. The Morgan fingerprint density at radius 2 is 1.76 bits per heavy atom. The van der Waals surface area contributed by atoms with E-state index >= 15 is 0 Å². The second-order valence-corrected chi connectivity index (χ2v) is 6.18. The van der Waals surface area contributed by atoms with E-state index < -0.39 is 0 Å². The molecule has 0 spiro atoms. The highest BCUT2D eigenvalue weighted by molar-refractivity contribution is 4.83. The lowest BCUT2D eigenvalue weighted by molar-refractivity contribution is 0.131. The predicted octanol–water partition coefficient (Wildman–Crippen LogP) is 1.53. The van der Waals surface area contributed by atoms with Crippen molar-refractivity contribution in [1.29, 1.82) is 0 Å². The zero-order valence-electron chi connectivity index (χ0n) is 11.6. The Labute approximate surface area is 106 Å². The molecule has 1 unspecified atom stereocenters. The van der Waals surface area contributed by atoms with Gasteiger partial charge < -0.3 is 15.5 Å². The minimum absolute atomic E-state index is 0.405. The summed E-state index contributed by atoms with van der Waals surface area (Å²) in [5.74, 6) is 0.795. The average molecular weight is 239 g/mol. The van der Waals surface area contributed by atoms with Crippen LogP contribution in [-0.2, 0) is 0 Å². The van der Waals surface area contributed by atoms with Gasteiger partial charge in [-0.05, 0) is 58.8 Å². The molecule has 1 saturated heterocycles. The first-order valence-electron chi connectivity index (χ1n) is 7.31. The first-order valence-corrected chi connectivity index (χ1v) is 7.31. The summed E-state index contributed by atoms with van der Waals surface area (Å²) in [6.45, 7) is 3.58. The van der Waals surface area contributed by atoms with E-state index in [1.807, 2.05) is 0 Å². The lowest BCUT2D eigenvalue weighted by atomic mass is 9.97. The summed E-state index contributed by atoms with van der Waals surface area (Å²) in [4.78, 5) is 4.96. The summed E-state index contributed by atoms with van der Waals surface area (Å²) in [7, 11) is 4.49. The molecule has 0 radical (unpaired) electrons. The molecule has 3 nitrogen and oxygen atoms in total. The molecule has 0 amide bonds. The Hall–Kier alpha value is -0.120. The molecular weight excluding hydrogens is 210 g/mol. The minimum Gasteiger partial charge on any atom is -0.326 e. The first kappa shape index (κ1) is 13.3. The average Bonchev–Trinajstić information content (AvgIpc) is 2.83. The second-order valence-electron chi connectivity index (χ2n) is 6.18. The predicted molar refractivity (Wildman–Crippen MR) is 73.1 cm³/mol. The molecule has 1 atom stereocenters. The third kappa shape index (κ3) is 3.67. The number of hydrogen-bond acceptors (Lipinski definition) is 3. The Balaban J connectivity index is 1.73. The van der Waals surface area contributed by atoms with Gasteiger partial charge in [0.05, 0.1) is 0 Å². The molecular formula is C14H29N3. The Morgan fingerprint density at radius 3 is 2.35 bits per heavy atom. The SMILES string of the molecule is CN1CCC(N(C)CC(N)C2CCCC2)CC1. The third-order valence-corrected chi connectivity index (χ3v) is 4.82. The van der Waals surface area contributed by atoms with Crippen molar-refractivity contribution in [2.45, 2.75) is 50.6 Å². The molecule has 2 fully saturated rings. The quantitative estimate of drug-likeness (QED) is 0.807. The number of hydrogen-bond donors (Lipinski definition) is 1. The molecule has 2 aliphatic rings. The highest BCUT2D eigenvalue weighted by atomic mass is 15.2. The van der Waals surface area contributed by atoms with Crippen molar-refractivity contribution in [3.63, 3.8) is 0 Å². The van der Waals surface area contributed by atoms with Crippen LogP contribution >= 0.6 is 0 Å². The summed E-state index contributed by atoms with van der Waals surface area (Å²) < 4.78 is 0. The van der Waals surface area contributed by atoms with Gasteiger partial charge in [0.15, 0.2) is 0 Å². The van der Waals surface area contributed by atoms with Crippen LogP contribution in [0.3, 0.4) is 0 Å². The van der Waals surface area contributed by atoms with Crippen molar-refractivity contribution in [1.82, 2.24) is 9.80 Å². The van der Waals surface area contributed by atoms with E-state index in [0.29, 0.717) is 6.04 Å². The first-order chi connectivity index (χ1) is 8.16. The van der Waals surface area contributed by atoms with Crippen LogP contribution in [0, 0.1) is 5.92 Å². The van der Waals surface area contributed by atoms with Crippen LogP contribution in [0.5, 0.6) is 0 Å². The molecule has 0 aromatic heterocycles. The van der Waals surface area contributed by atoms with E-state index in [0.717, 1.165) is 18.5 Å². The molecule has 17 heavy (non-hydrogen) atoms. The third-order valence-electron chi connectivity index (χ3n) is 4.82. The zero-order chi connectivity index (χ0) is 12.3. The summed E-state index contributed by atoms with van der Waals surface area (Å²) >= 11 is 0. The van der Waals surface area contributed by atoms with Gasteiger partial charge in [0, 0.05) is 18.6 Å². The van der Waals surface area contributed by atoms with Crippen LogP contribution in [0.15, 0.2) is 0 Å². The van der Waals surface area contributed by atoms with Gasteiger partial charge in [0.2, 0.25) is 0 Å². The Kier molecular flexibility index (Phi) is 4.83. The number of likely N-dealkylation sites (N-methyl/N-ethyl adjacent to an activating group) is 1. The standard InChI is InChI=1S/C14H29N3/c1-16-9-7-13(8-10-16)17(2)11-14(15)12-5-3-4-6-12/h12-14H,3-11,15H2,1-2H3. The summed E-state index contributed by atoms with van der Waals surface area (Å²) in [6, 6.07) is 1.17. The molecule has 1 heterocycles. The van der Waals surface area contributed by atoms with Crippen LogP contribution in [0.1, 0.15) is 38.5 Å². The van der Waals surface area contributed by atoms with E-state index in [1.54, 1.807) is 0 Å². The molecule has 2 rings (SSSR count). The molecule has 1 aliphatic carbocycles. The van der Waals surface area contributed by atoms with Gasteiger partial charge in [0.1, 0.15) is 0 Å². The molecule has 0 aromatic rings. The van der Waals surface area contributed by atoms with Gasteiger partial charge in [-0.15, -0.1) is 0 Å². The molecule has 0 aromatic carbocycles. The van der Waals surface area contributed by atoms with Crippen molar-refractivity contribution >= 4 is 0 Å². The number of rotatable bonds is 4. The van der Waals surface area contributed by atoms with Gasteiger partial charge in [-0.2, -0.15) is 0 Å². The van der Waals surface area contributed by atoms with Gasteiger partial charge >= 0.3 is 0 Å². The highest BCUT2D eigenvalue weighted by Crippen LogP contribution is 2.27. The lowest BCUT2D eigenvalue weighted by Gasteiger charge is -2.37. The Morgan fingerprint density at radius 1 is 1.18 bits per heavy atom. The molecule has 1 saturated carbocycles. The van der Waals surface area contributed by atoms with Crippen molar-refractivity contribution in [2.24, 2.45) is 11.7 Å². The Bertz CT molecular complexity index is 218. The van der Waals surface area contributed by atoms with Gasteiger partial charge in [-0.3, -0.25) is 0 Å². The number of nitrogens with zero attached hydrogens (tertiary/aromatic N) is 2. The lowest BCUT2D eigenvalue weighted by Crippen LogP contribution is -2.47. The van der Waals surface area contributed by atoms with Crippen molar-refractivity contribution in [3.05, 3.63) is 0 Å². The summed E-state index contributed by atoms with van der Waals surface area (Å²) in [6.07, 6.45) is 8.15. The maximum Gasteiger partial charge on any atom is 0.0196 e. The topological polar surface area (TPSA) is 32.5 Å². The van der Waals surface area contributed by atoms with Crippen LogP contribution in [0.2, 0.25) is 0 Å². The van der Waals surface area contributed by atoms with E-state index in [4.69, 9.17) is 5.73 Å². The zero-order valence-corrected chi connectivity index (χ0v) is 11.6. The fourth-order valence-electron chi connectivity index (χ4n) is 3.45. The summed E-state index contributed by atoms with van der Waals surface area (Å²) in [5, 5.41) is 0. The molecule has 0 bridgehead atoms. The van der Waals surface area contributed by atoms with E-state index in [9.17, 15) is 0 Å². The minimum atomic E-state index is 0.405. The van der Waals surface area contributed by atoms with Crippen molar-refractivity contribution in [3.8, 4) is 0 Å². The van der Waals surface area contributed by atoms with Crippen LogP contribution in [0.4, 0.5) is 0 Å². The van der Waals surface area contributed by atoms with Gasteiger partial charge in [0.25, 0.3) is 0 Å². The molecule has 1 aliphatic heterocycles. The maximum atomic E-state index is 6.36. The largest absolute Gasteiger partial charge is 0.326 e. The van der Waals surface area contributed by atoms with Crippen LogP contribution < -0.4 is 5.73 Å². The molecule has 2 N–H and O–H groups in total. The van der Waals surface area contributed by atoms with Crippen molar-refractivity contribution in [2.75, 3.05) is 33.7 Å². The molecule has 100 valence electrons. The monoisotopic (exact) mass is 239 g/mol. The fraction of sp³-hybridized carbons (Fsp3) is 1.00. The fourth-order valence-corrected chi connectivity index (χ4v) is 3.45. The number of piperidine rings is 1. The summed E-state index contributed by atoms with van der Waals surface area (Å²) in [5.41, 5.74) is 6.36. The highest BCUT2D eigenvalue weighted by Gasteiger charge is 2.26. The number of likely N-dealkylation sites (tertiary alicyclic amines) is 1. The van der Waals surface area contributed by atoms with Crippen LogP contribution in [-0.4, -0.2) is 55.6 Å². The maximum absolute atomic E-state index is 6.36. The van der Waals surface area contributed by atoms with E-state index in [2.05, 4.69) is 23.9 Å².